The predicted molar refractivity (Wildman–Crippen MR) is 113 cm³/mol. The van der Waals surface area contributed by atoms with Gasteiger partial charge in [-0.25, -0.2) is 8.42 Å². The van der Waals surface area contributed by atoms with Crippen LogP contribution in [0, 0.1) is 0 Å². The summed E-state index contributed by atoms with van der Waals surface area (Å²) >= 11 is 12.6. The normalized spacial score (nSPS) is 16.4. The summed E-state index contributed by atoms with van der Waals surface area (Å²) in [6, 6.07) is 11.5. The van der Waals surface area contributed by atoms with Gasteiger partial charge in [-0.1, -0.05) is 41.4 Å². The number of nitrogens with zero attached hydrogens (tertiary/aromatic N) is 1. The van der Waals surface area contributed by atoms with Crippen molar-refractivity contribution in [3.8, 4) is 0 Å². The molecule has 0 radical (unpaired) electrons. The van der Waals surface area contributed by atoms with Crippen LogP contribution >= 0.6 is 23.2 Å². The van der Waals surface area contributed by atoms with Crippen molar-refractivity contribution in [2.24, 2.45) is 0 Å². The minimum absolute atomic E-state index is 0.0443. The summed E-state index contributed by atoms with van der Waals surface area (Å²) in [6.07, 6.45) is 1.09. The van der Waals surface area contributed by atoms with Gasteiger partial charge in [-0.3, -0.25) is 9.69 Å². The minimum Gasteiger partial charge on any atom is -0.379 e. The van der Waals surface area contributed by atoms with Crippen molar-refractivity contribution in [1.82, 2.24) is 10.2 Å². The van der Waals surface area contributed by atoms with Gasteiger partial charge in [0.15, 0.2) is 9.84 Å². The van der Waals surface area contributed by atoms with E-state index in [0.29, 0.717) is 24.8 Å². The number of amides is 1. The fraction of sp³-hybridized carbons (Fsp3) is 0.350. The summed E-state index contributed by atoms with van der Waals surface area (Å²) in [6.45, 7) is 2.95. The van der Waals surface area contributed by atoms with Crippen LogP contribution in [0.4, 0.5) is 0 Å². The first kappa shape index (κ1) is 22.1. The molecule has 9 heteroatoms. The third-order valence-electron chi connectivity index (χ3n) is 4.82. The maximum atomic E-state index is 12.8. The number of morpholine rings is 1. The summed E-state index contributed by atoms with van der Waals surface area (Å²) in [5.74, 6) is -0.439. The highest BCUT2D eigenvalue weighted by atomic mass is 35.5. The minimum atomic E-state index is -3.45. The average molecular weight is 457 g/mol. The molecule has 1 aliphatic rings. The molecule has 1 fully saturated rings. The lowest BCUT2D eigenvalue weighted by molar-refractivity contribution is 0.0162. The first-order valence-electron chi connectivity index (χ1n) is 9.11. The molecule has 2 aromatic carbocycles. The number of hydrogen-bond acceptors (Lipinski definition) is 5. The number of carbonyl (C=O) groups excluding carboxylic acids is 1. The molecule has 1 atom stereocenters. The Hall–Kier alpha value is -1.64. The second-order valence-electron chi connectivity index (χ2n) is 6.81. The molecule has 2 aromatic rings. The topological polar surface area (TPSA) is 75.7 Å². The number of carbonyl (C=O) groups is 1. The zero-order valence-electron chi connectivity index (χ0n) is 15.9. The first-order chi connectivity index (χ1) is 13.8. The highest BCUT2D eigenvalue weighted by Gasteiger charge is 2.25. The lowest BCUT2D eigenvalue weighted by Gasteiger charge is -2.35. The van der Waals surface area contributed by atoms with Gasteiger partial charge in [0.25, 0.3) is 5.91 Å². The Morgan fingerprint density at radius 1 is 1.14 bits per heavy atom. The van der Waals surface area contributed by atoms with Gasteiger partial charge < -0.3 is 10.1 Å². The number of benzene rings is 2. The molecule has 0 aromatic heterocycles. The summed E-state index contributed by atoms with van der Waals surface area (Å²) in [5, 5.41) is 3.69. The van der Waals surface area contributed by atoms with Crippen molar-refractivity contribution in [3.05, 3.63) is 63.6 Å². The smallest absolute Gasteiger partial charge is 0.252 e. The van der Waals surface area contributed by atoms with Gasteiger partial charge in [-0.15, -0.1) is 0 Å². The van der Waals surface area contributed by atoms with Gasteiger partial charge in [-0.05, 0) is 29.8 Å². The van der Waals surface area contributed by atoms with Gasteiger partial charge >= 0.3 is 0 Å². The van der Waals surface area contributed by atoms with Crippen LogP contribution in [-0.2, 0) is 14.6 Å². The van der Waals surface area contributed by atoms with Crippen molar-refractivity contribution >= 4 is 38.9 Å². The lowest BCUT2D eigenvalue weighted by atomic mass is 10.0. The first-order valence-corrected chi connectivity index (χ1v) is 11.8. The van der Waals surface area contributed by atoms with E-state index >= 15 is 0 Å². The fourth-order valence-corrected chi connectivity index (χ4v) is 4.38. The average Bonchev–Trinajstić information content (AvgIpc) is 2.69. The summed E-state index contributed by atoms with van der Waals surface area (Å²) in [7, 11) is -3.45. The molecule has 0 spiro atoms. The largest absolute Gasteiger partial charge is 0.379 e. The van der Waals surface area contributed by atoms with E-state index in [9.17, 15) is 13.2 Å². The Morgan fingerprint density at radius 3 is 2.48 bits per heavy atom. The van der Waals surface area contributed by atoms with Crippen molar-refractivity contribution in [2.45, 2.75) is 10.9 Å². The molecule has 1 saturated heterocycles. The number of nitrogens with one attached hydrogen (secondary N) is 1. The summed E-state index contributed by atoms with van der Waals surface area (Å²) in [5.41, 5.74) is 1.03. The van der Waals surface area contributed by atoms with E-state index in [1.165, 1.54) is 18.2 Å². The van der Waals surface area contributed by atoms with Gasteiger partial charge in [0.05, 0.1) is 34.7 Å². The molecule has 29 heavy (non-hydrogen) atoms. The monoisotopic (exact) mass is 456 g/mol. The van der Waals surface area contributed by atoms with Gasteiger partial charge in [-0.2, -0.15) is 0 Å². The van der Waals surface area contributed by atoms with Crippen molar-refractivity contribution < 1.29 is 17.9 Å². The summed E-state index contributed by atoms with van der Waals surface area (Å²) in [4.78, 5) is 15.0. The third-order valence-corrected chi connectivity index (χ3v) is 6.60. The van der Waals surface area contributed by atoms with Crippen LogP contribution in [0.1, 0.15) is 22.0 Å². The Bertz CT molecular complexity index is 992. The molecule has 0 bridgehead atoms. The Kier molecular flexibility index (Phi) is 7.19. The van der Waals surface area contributed by atoms with E-state index in [-0.39, 0.29) is 21.5 Å². The molecule has 1 amide bonds. The molecular weight excluding hydrogens is 435 g/mol. The Labute approximate surface area is 180 Å². The van der Waals surface area contributed by atoms with E-state index in [0.717, 1.165) is 24.9 Å². The van der Waals surface area contributed by atoms with Crippen LogP contribution in [0.3, 0.4) is 0 Å². The van der Waals surface area contributed by atoms with Gasteiger partial charge in [0, 0.05) is 30.9 Å². The van der Waals surface area contributed by atoms with E-state index in [1.54, 1.807) is 0 Å². The summed E-state index contributed by atoms with van der Waals surface area (Å²) < 4.78 is 29.0. The predicted octanol–water partition coefficient (Wildman–Crippen LogP) is 3.20. The number of halogens is 2. The molecule has 3 rings (SSSR count). The van der Waals surface area contributed by atoms with Crippen molar-refractivity contribution in [2.75, 3.05) is 39.1 Å². The van der Waals surface area contributed by atoms with Crippen LogP contribution in [0.25, 0.3) is 0 Å². The van der Waals surface area contributed by atoms with Crippen LogP contribution in [-0.4, -0.2) is 58.3 Å². The standard InChI is InChI=1S/C20H22Cl2N2O4S/c1-29(26,27)14-6-7-18(22)16(12-14)20(25)23-13-19(24-8-10-28-11-9-24)15-4-2-3-5-17(15)21/h2-7,12,19H,8-11,13H2,1H3,(H,23,25). The van der Waals surface area contributed by atoms with E-state index in [1.807, 2.05) is 24.3 Å². The zero-order chi connectivity index (χ0) is 21.0. The van der Waals surface area contributed by atoms with E-state index in [2.05, 4.69) is 10.2 Å². The molecule has 1 aliphatic heterocycles. The molecular formula is C20H22Cl2N2O4S. The SMILES string of the molecule is CS(=O)(=O)c1ccc(Cl)c(C(=O)NCC(c2ccccc2Cl)N2CCOCC2)c1. The van der Waals surface area contributed by atoms with E-state index < -0.39 is 15.7 Å². The van der Waals surface area contributed by atoms with Crippen molar-refractivity contribution in [1.29, 1.82) is 0 Å². The number of ether oxygens (including phenoxy) is 1. The molecule has 156 valence electrons. The molecule has 0 aliphatic carbocycles. The Morgan fingerprint density at radius 2 is 1.83 bits per heavy atom. The van der Waals surface area contributed by atoms with E-state index in [4.69, 9.17) is 27.9 Å². The quantitative estimate of drug-likeness (QED) is 0.721. The number of rotatable bonds is 6. The molecule has 1 N–H and O–H groups in total. The highest BCUT2D eigenvalue weighted by molar-refractivity contribution is 7.90. The second kappa shape index (κ2) is 9.45. The van der Waals surface area contributed by atoms with Crippen LogP contribution < -0.4 is 5.32 Å². The van der Waals surface area contributed by atoms with Crippen LogP contribution in [0.15, 0.2) is 47.4 Å². The second-order valence-corrected chi connectivity index (χ2v) is 9.64. The molecule has 1 unspecified atom stereocenters. The molecule has 1 heterocycles. The third kappa shape index (κ3) is 5.49. The zero-order valence-corrected chi connectivity index (χ0v) is 18.2. The lowest BCUT2D eigenvalue weighted by Crippen LogP contribution is -2.44. The number of hydrogen-bond donors (Lipinski definition) is 1. The Balaban J connectivity index is 1.82. The van der Waals surface area contributed by atoms with Crippen LogP contribution in [0.2, 0.25) is 10.0 Å². The van der Waals surface area contributed by atoms with Crippen molar-refractivity contribution in [3.63, 3.8) is 0 Å². The van der Waals surface area contributed by atoms with Gasteiger partial charge in [0.2, 0.25) is 0 Å². The molecule has 6 nitrogen and oxygen atoms in total. The number of sulfone groups is 1. The fourth-order valence-electron chi connectivity index (χ4n) is 3.26. The van der Waals surface area contributed by atoms with Gasteiger partial charge in [0.1, 0.15) is 0 Å². The maximum Gasteiger partial charge on any atom is 0.252 e. The maximum absolute atomic E-state index is 12.8. The highest BCUT2D eigenvalue weighted by Crippen LogP contribution is 2.28. The van der Waals surface area contributed by atoms with Crippen LogP contribution in [0.5, 0.6) is 0 Å². The molecule has 0 saturated carbocycles.